The van der Waals surface area contributed by atoms with Gasteiger partial charge in [0.25, 0.3) is 0 Å². The largest absolute Gasteiger partial charge is 0.457 e. The first kappa shape index (κ1) is 54.4. The molecule has 0 bridgehead atoms. The molecule has 3 aromatic rings. The Morgan fingerprint density at radius 1 is 0.414 bits per heavy atom. The number of benzene rings is 3. The first-order valence-electron chi connectivity index (χ1n) is 22.9. The maximum atomic E-state index is 13.1. The number of aliphatic hydroxyl groups is 1. The summed E-state index contributed by atoms with van der Waals surface area (Å²) in [7, 11) is 4.06. The predicted octanol–water partition coefficient (Wildman–Crippen LogP) is 3.35. The molecule has 3 heterocycles. The minimum absolute atomic E-state index is 0.127. The van der Waals surface area contributed by atoms with E-state index >= 15 is 0 Å². The van der Waals surface area contributed by atoms with Gasteiger partial charge in [-0.15, -0.1) is 0 Å². The second-order valence-electron chi connectivity index (χ2n) is 16.8. The third-order valence-electron chi connectivity index (χ3n) is 11.6. The fraction of sp³-hybridized carbons (Fsp3) is 0.560. The van der Waals surface area contributed by atoms with Gasteiger partial charge in [0, 0.05) is 49.0 Å². The van der Waals surface area contributed by atoms with Gasteiger partial charge < -0.3 is 76.2 Å². The highest BCUT2D eigenvalue weighted by Crippen LogP contribution is 2.37. The van der Waals surface area contributed by atoms with Crippen LogP contribution >= 0.6 is 0 Å². The van der Waals surface area contributed by atoms with Crippen LogP contribution in [0.3, 0.4) is 0 Å². The van der Waals surface area contributed by atoms with E-state index < -0.39 is 116 Å². The highest BCUT2D eigenvalue weighted by atomic mass is 16.8. The van der Waals surface area contributed by atoms with Crippen LogP contribution in [0.1, 0.15) is 44.4 Å². The second-order valence-corrected chi connectivity index (χ2v) is 16.8. The third kappa shape index (κ3) is 15.0. The van der Waals surface area contributed by atoms with Gasteiger partial charge in [0.1, 0.15) is 48.8 Å². The number of hydrogen-bond acceptors (Lipinski definition) is 20. The van der Waals surface area contributed by atoms with Gasteiger partial charge >= 0.3 is 23.9 Å². The van der Waals surface area contributed by atoms with Gasteiger partial charge in [-0.05, 0) is 16.7 Å². The molecule has 3 aromatic carbocycles. The lowest BCUT2D eigenvalue weighted by Gasteiger charge is -2.50. The van der Waals surface area contributed by atoms with Crippen molar-refractivity contribution in [1.29, 1.82) is 0 Å². The standard InChI is InChI=1S/C50H64O20/c1-29(51)62-39-37(27-60-24-34-19-13-9-14-20-34)67-49(46(43(39)57-6)64-31(3)53)70-41-38(28-61-25-35-21-15-10-16-22-35)68-50(47(44(41)58-7)65-32(4)54)69-40-36(26-59-23-33-17-11-8-12-18-33)66-48(55)45(42(40)56-5)63-30(2)52/h8-22,36-50,55H,23-28H2,1-7H3/t36-,37-,38-,39-,40-,41-,42+,43+,44+,45+,46+,47+,48+,49-,50-/m1/s1. The van der Waals surface area contributed by atoms with Crippen LogP contribution in [0, 0.1) is 0 Å². The molecule has 70 heavy (non-hydrogen) atoms. The Bertz CT molecular complexity index is 2060. The van der Waals surface area contributed by atoms with Gasteiger partial charge in [0.2, 0.25) is 0 Å². The zero-order valence-corrected chi connectivity index (χ0v) is 40.3. The molecule has 3 aliphatic heterocycles. The number of carbonyl (C=O) groups excluding carboxylic acids is 4. The quantitative estimate of drug-likeness (QED) is 0.106. The SMILES string of the molecule is CO[C@@H]1[C@H](OC(C)=O)[C@@H](O[C@H]2[C@H](OC)[C@H](OC(C)=O)[C@@H](O[C@H]3[C@H](OC)[C@H](OC(C)=O)[C@@H](O)O[C@@H]3COCc3ccccc3)O[C@@H]2COCc2ccccc2)O[C@H](COCc2ccccc2)[C@H]1OC(C)=O. The Balaban J connectivity index is 1.35. The molecule has 0 unspecified atom stereocenters. The zero-order chi connectivity index (χ0) is 50.2. The average Bonchev–Trinajstić information content (AvgIpc) is 3.33. The molecule has 0 aromatic heterocycles. The molecule has 6 rings (SSSR count). The van der Waals surface area contributed by atoms with Crippen molar-refractivity contribution in [3.05, 3.63) is 108 Å². The minimum Gasteiger partial charge on any atom is -0.457 e. The van der Waals surface area contributed by atoms with E-state index in [2.05, 4.69) is 0 Å². The molecular formula is C50H64O20. The first-order valence-corrected chi connectivity index (χ1v) is 22.9. The highest BCUT2D eigenvalue weighted by molar-refractivity contribution is 5.67. The van der Waals surface area contributed by atoms with E-state index in [4.69, 9.17) is 71.1 Å². The van der Waals surface area contributed by atoms with Crippen molar-refractivity contribution in [1.82, 2.24) is 0 Å². The average molecular weight is 985 g/mol. The molecule has 0 amide bonds. The van der Waals surface area contributed by atoms with Gasteiger partial charge in [-0.2, -0.15) is 0 Å². The van der Waals surface area contributed by atoms with Gasteiger partial charge in [0.05, 0.1) is 39.6 Å². The molecule has 20 nitrogen and oxygen atoms in total. The monoisotopic (exact) mass is 984 g/mol. The molecular weight excluding hydrogens is 921 g/mol. The maximum Gasteiger partial charge on any atom is 0.303 e. The molecule has 3 aliphatic rings. The number of rotatable bonds is 23. The summed E-state index contributed by atoms with van der Waals surface area (Å²) in [5.41, 5.74) is 2.56. The van der Waals surface area contributed by atoms with Crippen LogP contribution in [0.2, 0.25) is 0 Å². The predicted molar refractivity (Wildman–Crippen MR) is 241 cm³/mol. The van der Waals surface area contributed by atoms with Crippen LogP contribution in [0.5, 0.6) is 0 Å². The fourth-order valence-electron chi connectivity index (χ4n) is 8.60. The van der Waals surface area contributed by atoms with E-state index in [1.807, 2.05) is 91.0 Å². The van der Waals surface area contributed by atoms with Crippen molar-refractivity contribution < 1.29 is 95.3 Å². The Morgan fingerprint density at radius 2 is 0.714 bits per heavy atom. The van der Waals surface area contributed by atoms with Crippen LogP contribution < -0.4 is 0 Å². The van der Waals surface area contributed by atoms with Gasteiger partial charge in [0.15, 0.2) is 43.3 Å². The van der Waals surface area contributed by atoms with Gasteiger partial charge in [-0.1, -0.05) is 91.0 Å². The van der Waals surface area contributed by atoms with Crippen LogP contribution in [-0.2, 0) is 110 Å². The number of methoxy groups -OCH3 is 3. The van der Waals surface area contributed by atoms with E-state index in [1.54, 1.807) is 0 Å². The van der Waals surface area contributed by atoms with Crippen molar-refractivity contribution in [2.45, 2.75) is 140 Å². The Morgan fingerprint density at radius 3 is 1.07 bits per heavy atom. The van der Waals surface area contributed by atoms with E-state index in [0.29, 0.717) is 0 Å². The third-order valence-corrected chi connectivity index (χ3v) is 11.6. The summed E-state index contributed by atoms with van der Waals surface area (Å²) >= 11 is 0. The molecule has 0 spiro atoms. The number of esters is 4. The van der Waals surface area contributed by atoms with Gasteiger partial charge in [-0.25, -0.2) is 0 Å². The molecule has 3 saturated heterocycles. The molecule has 20 heteroatoms. The Kier molecular flexibility index (Phi) is 21.0. The Hall–Kier alpha value is -4.94. The maximum absolute atomic E-state index is 13.1. The van der Waals surface area contributed by atoms with Crippen molar-refractivity contribution in [3.63, 3.8) is 0 Å². The highest BCUT2D eigenvalue weighted by Gasteiger charge is 2.58. The number of hydrogen-bond donors (Lipinski definition) is 1. The molecule has 0 aliphatic carbocycles. The topological polar surface area (TPSA) is 227 Å². The van der Waals surface area contributed by atoms with Crippen LogP contribution in [0.4, 0.5) is 0 Å². The number of carbonyl (C=O) groups is 4. The summed E-state index contributed by atoms with van der Waals surface area (Å²) in [4.78, 5) is 50.7. The van der Waals surface area contributed by atoms with Crippen molar-refractivity contribution in [2.24, 2.45) is 0 Å². The molecule has 15 atom stereocenters. The van der Waals surface area contributed by atoms with Crippen LogP contribution in [-0.4, -0.2) is 162 Å². The van der Waals surface area contributed by atoms with E-state index in [0.717, 1.165) is 16.7 Å². The van der Waals surface area contributed by atoms with Crippen LogP contribution in [0.15, 0.2) is 91.0 Å². The zero-order valence-electron chi connectivity index (χ0n) is 40.3. The normalized spacial score (nSPS) is 31.0. The van der Waals surface area contributed by atoms with E-state index in [9.17, 15) is 24.3 Å². The fourth-order valence-corrected chi connectivity index (χ4v) is 8.60. The lowest BCUT2D eigenvalue weighted by atomic mass is 9.95. The molecule has 3 fully saturated rings. The smallest absolute Gasteiger partial charge is 0.303 e. The second kappa shape index (κ2) is 27.0. The van der Waals surface area contributed by atoms with E-state index in [1.165, 1.54) is 49.0 Å². The van der Waals surface area contributed by atoms with Crippen molar-refractivity contribution >= 4 is 23.9 Å². The minimum atomic E-state index is -1.66. The molecule has 0 saturated carbocycles. The summed E-state index contributed by atoms with van der Waals surface area (Å²) in [6.45, 7) is 4.75. The number of aliphatic hydroxyl groups excluding tert-OH is 1. The summed E-state index contributed by atoms with van der Waals surface area (Å²) in [5.74, 6) is -2.88. The van der Waals surface area contributed by atoms with E-state index in [-0.39, 0.29) is 39.6 Å². The lowest BCUT2D eigenvalue weighted by molar-refractivity contribution is -0.382. The van der Waals surface area contributed by atoms with Crippen LogP contribution in [0.25, 0.3) is 0 Å². The number of ether oxygens (including phenoxy) is 15. The first-order chi connectivity index (χ1) is 33.8. The Labute approximate surface area is 406 Å². The molecule has 0 radical (unpaired) electrons. The summed E-state index contributed by atoms with van der Waals surface area (Å²) in [5, 5.41) is 11.2. The summed E-state index contributed by atoms with van der Waals surface area (Å²) in [6, 6.07) is 28.1. The molecule has 384 valence electrons. The lowest BCUT2D eigenvalue weighted by Crippen LogP contribution is -2.68. The summed E-state index contributed by atoms with van der Waals surface area (Å²) < 4.78 is 92.1. The van der Waals surface area contributed by atoms with Gasteiger partial charge in [-0.3, -0.25) is 19.2 Å². The summed E-state index contributed by atoms with van der Waals surface area (Å²) in [6.07, 6.45) is -19.4. The van der Waals surface area contributed by atoms with Crippen molar-refractivity contribution in [2.75, 3.05) is 41.2 Å². The molecule has 1 N–H and O–H groups in total. The van der Waals surface area contributed by atoms with Crippen molar-refractivity contribution in [3.8, 4) is 0 Å².